The molecule has 0 aliphatic carbocycles. The van der Waals surface area contributed by atoms with Crippen molar-refractivity contribution >= 4 is 17.6 Å². The maximum absolute atomic E-state index is 12.0. The molecule has 4 N–H and O–H groups in total. The summed E-state index contributed by atoms with van der Waals surface area (Å²) < 4.78 is 5.04. The van der Waals surface area contributed by atoms with Crippen molar-refractivity contribution in [3.8, 4) is 5.75 Å². The highest BCUT2D eigenvalue weighted by molar-refractivity contribution is 5.93. The summed E-state index contributed by atoms with van der Waals surface area (Å²) in [6.45, 7) is 1.61. The summed E-state index contributed by atoms with van der Waals surface area (Å²) >= 11 is 0. The average molecular weight is 324 g/mol. The molecule has 0 aliphatic heterocycles. The number of methoxy groups -OCH3 is 1. The number of hydrogen-bond acceptors (Lipinski definition) is 4. The number of anilines is 1. The molecule has 0 unspecified atom stereocenters. The van der Waals surface area contributed by atoms with E-state index in [1.165, 1.54) is 4.90 Å². The minimum absolute atomic E-state index is 0.122. The third-order valence-corrected chi connectivity index (χ3v) is 3.41. The largest absolute Gasteiger partial charge is 0.544 e. The predicted octanol–water partition coefficient (Wildman–Crippen LogP) is -2.76. The Kier molecular flexibility index (Phi) is 8.07. The smallest absolute Gasteiger partial charge is 0.230 e. The van der Waals surface area contributed by atoms with Crippen molar-refractivity contribution in [3.05, 3.63) is 24.3 Å². The first-order valence-electron chi connectivity index (χ1n) is 7.69. The maximum atomic E-state index is 12.0. The predicted molar refractivity (Wildman–Crippen MR) is 84.1 cm³/mol. The van der Waals surface area contributed by atoms with E-state index < -0.39 is 12.0 Å². The standard InChI is InChI=1S/C16H25N3O4/c1-19(2)10-4-9-17-14(16(21)22)11-15(20)18-12-5-7-13(23-3)8-6-12/h5-8,14,17H,4,9-11H2,1-3H3,(H,18,20)(H,21,22)/p+1/t14-/m1/s1. The summed E-state index contributed by atoms with van der Waals surface area (Å²) in [7, 11) is 5.64. The number of aliphatic carboxylic acids is 1. The number of carboxylic acid groups (broad SMARTS) is 1. The lowest BCUT2D eigenvalue weighted by Gasteiger charge is -2.16. The zero-order chi connectivity index (χ0) is 17.2. The monoisotopic (exact) mass is 324 g/mol. The molecule has 1 amide bonds. The fraction of sp³-hybridized carbons (Fsp3) is 0.500. The number of nitrogens with one attached hydrogen (secondary N) is 2. The molecule has 0 fully saturated rings. The molecule has 7 nitrogen and oxygen atoms in total. The molecule has 7 heteroatoms. The highest BCUT2D eigenvalue weighted by Gasteiger charge is 2.18. The van der Waals surface area contributed by atoms with Gasteiger partial charge in [-0.25, -0.2) is 0 Å². The second-order valence-electron chi connectivity index (χ2n) is 5.74. The van der Waals surface area contributed by atoms with Crippen molar-refractivity contribution in [1.82, 2.24) is 0 Å². The van der Waals surface area contributed by atoms with Gasteiger partial charge in [0.25, 0.3) is 0 Å². The second-order valence-corrected chi connectivity index (χ2v) is 5.74. The van der Waals surface area contributed by atoms with Gasteiger partial charge >= 0.3 is 0 Å². The number of nitrogens with two attached hydrogens (primary N) is 1. The Morgan fingerprint density at radius 2 is 1.96 bits per heavy atom. The summed E-state index contributed by atoms with van der Waals surface area (Å²) in [4.78, 5) is 24.4. The minimum atomic E-state index is -1.22. The highest BCUT2D eigenvalue weighted by atomic mass is 16.5. The first-order valence-corrected chi connectivity index (χ1v) is 7.69. The molecule has 23 heavy (non-hydrogen) atoms. The summed E-state index contributed by atoms with van der Waals surface area (Å²) in [5.74, 6) is -0.877. The molecule has 0 aliphatic rings. The SMILES string of the molecule is COc1ccc(NC(=O)C[C@@H]([NH2+]CCC[NH+](C)C)C(=O)[O-])cc1. The number of carboxylic acids is 1. The molecule has 128 valence electrons. The van der Waals surface area contributed by atoms with Gasteiger partial charge in [0.15, 0.2) is 0 Å². The first kappa shape index (κ1) is 18.9. The van der Waals surface area contributed by atoms with Crippen molar-refractivity contribution in [2.24, 2.45) is 0 Å². The van der Waals surface area contributed by atoms with E-state index in [1.54, 1.807) is 36.7 Å². The van der Waals surface area contributed by atoms with Crippen molar-refractivity contribution in [3.63, 3.8) is 0 Å². The number of benzene rings is 1. The Balaban J connectivity index is 2.45. The Morgan fingerprint density at radius 3 is 2.48 bits per heavy atom. The molecule has 0 bridgehead atoms. The van der Waals surface area contributed by atoms with Crippen LogP contribution in [0.1, 0.15) is 12.8 Å². The van der Waals surface area contributed by atoms with E-state index in [4.69, 9.17) is 4.74 Å². The lowest BCUT2D eigenvalue weighted by atomic mass is 10.2. The molecule has 0 saturated carbocycles. The van der Waals surface area contributed by atoms with E-state index in [9.17, 15) is 14.7 Å². The number of amides is 1. The quantitative estimate of drug-likeness (QED) is 0.406. The Labute approximate surface area is 136 Å². The molecule has 0 saturated heterocycles. The number of carbonyl (C=O) groups is 2. The van der Waals surface area contributed by atoms with Gasteiger partial charge in [-0.05, 0) is 24.3 Å². The third-order valence-electron chi connectivity index (χ3n) is 3.41. The van der Waals surface area contributed by atoms with E-state index in [-0.39, 0.29) is 12.3 Å². The van der Waals surface area contributed by atoms with Crippen LogP contribution in [0.3, 0.4) is 0 Å². The van der Waals surface area contributed by atoms with Crippen LogP contribution in [-0.2, 0) is 9.59 Å². The van der Waals surface area contributed by atoms with E-state index in [1.807, 2.05) is 14.1 Å². The summed E-state index contributed by atoms with van der Waals surface area (Å²) in [5.41, 5.74) is 0.601. The Hall–Kier alpha value is -2.12. The van der Waals surface area contributed by atoms with E-state index >= 15 is 0 Å². The van der Waals surface area contributed by atoms with Crippen LogP contribution in [0.2, 0.25) is 0 Å². The molecule has 1 aromatic carbocycles. The molecule has 1 aromatic rings. The number of rotatable bonds is 10. The zero-order valence-corrected chi connectivity index (χ0v) is 13.9. The van der Waals surface area contributed by atoms with Crippen molar-refractivity contribution in [2.45, 2.75) is 18.9 Å². The van der Waals surface area contributed by atoms with Crippen LogP contribution >= 0.6 is 0 Å². The van der Waals surface area contributed by atoms with Crippen LogP contribution in [0.25, 0.3) is 0 Å². The Bertz CT molecular complexity index is 503. The lowest BCUT2D eigenvalue weighted by Crippen LogP contribution is -3.06. The molecular weight excluding hydrogens is 298 g/mol. The van der Waals surface area contributed by atoms with Gasteiger partial charge in [0.1, 0.15) is 11.8 Å². The van der Waals surface area contributed by atoms with Gasteiger partial charge in [-0.2, -0.15) is 0 Å². The molecule has 0 spiro atoms. The third kappa shape index (κ3) is 7.62. The van der Waals surface area contributed by atoms with E-state index in [2.05, 4.69) is 5.32 Å². The summed E-state index contributed by atoms with van der Waals surface area (Å²) in [6, 6.07) is 5.98. The van der Waals surface area contributed by atoms with Crippen molar-refractivity contribution < 1.29 is 29.6 Å². The van der Waals surface area contributed by atoms with E-state index in [0.717, 1.165) is 13.0 Å². The average Bonchev–Trinajstić information content (AvgIpc) is 2.50. The van der Waals surface area contributed by atoms with Gasteiger partial charge in [0.05, 0.1) is 46.7 Å². The van der Waals surface area contributed by atoms with Crippen molar-refractivity contribution in [2.75, 3.05) is 39.6 Å². The van der Waals surface area contributed by atoms with Crippen LogP contribution in [0.5, 0.6) is 5.75 Å². The van der Waals surface area contributed by atoms with Crippen LogP contribution in [0.4, 0.5) is 5.69 Å². The van der Waals surface area contributed by atoms with Crippen LogP contribution < -0.4 is 25.4 Å². The van der Waals surface area contributed by atoms with Gasteiger partial charge in [-0.3, -0.25) is 4.79 Å². The number of hydrogen-bond donors (Lipinski definition) is 3. The molecule has 1 rings (SSSR count). The van der Waals surface area contributed by atoms with Crippen LogP contribution in [-0.4, -0.2) is 52.2 Å². The number of carbonyl (C=O) groups excluding carboxylic acids is 2. The minimum Gasteiger partial charge on any atom is -0.544 e. The molecule has 0 heterocycles. The molecule has 1 atom stereocenters. The van der Waals surface area contributed by atoms with Gasteiger partial charge in [0.2, 0.25) is 5.91 Å². The topological polar surface area (TPSA) is 99.5 Å². The zero-order valence-electron chi connectivity index (χ0n) is 13.9. The summed E-state index contributed by atoms with van der Waals surface area (Å²) in [5, 5.41) is 15.5. The fourth-order valence-electron chi connectivity index (χ4n) is 2.12. The number of ether oxygens (including phenoxy) is 1. The summed E-state index contributed by atoms with van der Waals surface area (Å²) in [6.07, 6.45) is 0.759. The fourth-order valence-corrected chi connectivity index (χ4v) is 2.12. The maximum Gasteiger partial charge on any atom is 0.230 e. The van der Waals surface area contributed by atoms with Crippen LogP contribution in [0, 0.1) is 0 Å². The lowest BCUT2D eigenvalue weighted by molar-refractivity contribution is -0.860. The van der Waals surface area contributed by atoms with Crippen molar-refractivity contribution in [1.29, 1.82) is 0 Å². The second kappa shape index (κ2) is 9.81. The van der Waals surface area contributed by atoms with Gasteiger partial charge in [-0.1, -0.05) is 0 Å². The molecule has 0 aromatic heterocycles. The normalized spacial score (nSPS) is 12.0. The van der Waals surface area contributed by atoms with Gasteiger partial charge < -0.3 is 30.2 Å². The van der Waals surface area contributed by atoms with Gasteiger partial charge in [0, 0.05) is 12.1 Å². The van der Waals surface area contributed by atoms with Gasteiger partial charge in [-0.15, -0.1) is 0 Å². The van der Waals surface area contributed by atoms with Crippen LogP contribution in [0.15, 0.2) is 24.3 Å². The number of quaternary nitrogens is 2. The van der Waals surface area contributed by atoms with E-state index in [0.29, 0.717) is 18.0 Å². The first-order chi connectivity index (χ1) is 10.9. The molecular formula is C16H26N3O4+. The molecule has 0 radical (unpaired) electrons. The highest BCUT2D eigenvalue weighted by Crippen LogP contribution is 2.15. The Morgan fingerprint density at radius 1 is 1.30 bits per heavy atom.